The average molecular weight is 471 g/mol. The van der Waals surface area contributed by atoms with Gasteiger partial charge >= 0.3 is 0 Å². The molecular weight excluding hydrogens is 424 g/mol. The number of nitrogens with zero attached hydrogens (tertiary/aromatic N) is 2. The summed E-state index contributed by atoms with van der Waals surface area (Å²) in [6, 6.07) is 5.99. The summed E-state index contributed by atoms with van der Waals surface area (Å²) >= 11 is 0. The SMILES string of the molecule is CCCCCCCCCCCCN1CCN(C(C)O)C1C.Cc1ccc(S(=O)(=O)O)cc1. The van der Waals surface area contributed by atoms with Crippen LogP contribution in [0.15, 0.2) is 29.2 Å². The van der Waals surface area contributed by atoms with Crippen molar-refractivity contribution in [2.45, 2.75) is 109 Å². The Labute approximate surface area is 196 Å². The van der Waals surface area contributed by atoms with Crippen LogP contribution >= 0.6 is 0 Å². The van der Waals surface area contributed by atoms with Crippen LogP contribution in [0.4, 0.5) is 0 Å². The predicted molar refractivity (Wildman–Crippen MR) is 132 cm³/mol. The lowest BCUT2D eigenvalue weighted by Crippen LogP contribution is -2.41. The van der Waals surface area contributed by atoms with Crippen LogP contribution < -0.4 is 0 Å². The maximum absolute atomic E-state index is 10.5. The molecule has 6 nitrogen and oxygen atoms in total. The van der Waals surface area contributed by atoms with Crippen LogP contribution in [0.3, 0.4) is 0 Å². The zero-order chi connectivity index (χ0) is 24.0. The number of hydrogen-bond donors (Lipinski definition) is 2. The van der Waals surface area contributed by atoms with Crippen molar-refractivity contribution in [2.75, 3.05) is 19.6 Å². The number of hydrogen-bond acceptors (Lipinski definition) is 5. The predicted octanol–water partition coefficient (Wildman–Crippen LogP) is 5.45. The van der Waals surface area contributed by atoms with Gasteiger partial charge in [-0.15, -0.1) is 0 Å². The number of unbranched alkanes of at least 4 members (excludes halogenated alkanes) is 9. The molecule has 2 atom stereocenters. The third-order valence-corrected chi connectivity index (χ3v) is 7.12. The van der Waals surface area contributed by atoms with Crippen LogP contribution in [-0.2, 0) is 10.1 Å². The number of aryl methyl sites for hydroxylation is 1. The number of aliphatic hydroxyl groups excluding tert-OH is 1. The standard InChI is InChI=1S/C18H38N2O.C7H8O3S/c1-4-5-6-7-8-9-10-11-12-13-14-19-15-16-20(17(19)2)18(3)21;1-6-2-4-7(5-3-6)11(8,9)10/h17-18,21H,4-16H2,1-3H3;2-5H,1H3,(H,8,9,10). The van der Waals surface area contributed by atoms with Crippen molar-refractivity contribution >= 4 is 10.1 Å². The molecule has 1 aromatic rings. The van der Waals surface area contributed by atoms with Gasteiger partial charge in [0.2, 0.25) is 0 Å². The molecule has 0 spiro atoms. The summed E-state index contributed by atoms with van der Waals surface area (Å²) in [6.45, 7) is 11.5. The van der Waals surface area contributed by atoms with Crippen molar-refractivity contribution in [1.29, 1.82) is 0 Å². The molecule has 0 saturated carbocycles. The Morgan fingerprint density at radius 1 is 0.938 bits per heavy atom. The number of aliphatic hydroxyl groups is 1. The second-order valence-electron chi connectivity index (χ2n) is 9.01. The molecule has 1 aromatic carbocycles. The van der Waals surface area contributed by atoms with Crippen molar-refractivity contribution in [3.05, 3.63) is 29.8 Å². The van der Waals surface area contributed by atoms with Crippen molar-refractivity contribution < 1.29 is 18.1 Å². The first-order chi connectivity index (χ1) is 15.2. The van der Waals surface area contributed by atoms with E-state index in [0.717, 1.165) is 18.7 Å². The van der Waals surface area contributed by atoms with Crippen LogP contribution in [-0.4, -0.2) is 59.9 Å². The van der Waals surface area contributed by atoms with E-state index >= 15 is 0 Å². The van der Waals surface area contributed by atoms with Gasteiger partial charge in [0.25, 0.3) is 10.1 Å². The molecule has 7 heteroatoms. The second kappa shape index (κ2) is 15.8. The van der Waals surface area contributed by atoms with E-state index in [2.05, 4.69) is 23.6 Å². The van der Waals surface area contributed by atoms with Gasteiger partial charge in [-0.2, -0.15) is 8.42 Å². The van der Waals surface area contributed by atoms with Gasteiger partial charge in [0.05, 0.1) is 11.1 Å². The topological polar surface area (TPSA) is 81.1 Å². The van der Waals surface area contributed by atoms with Gasteiger partial charge in [-0.25, -0.2) is 0 Å². The molecule has 0 bridgehead atoms. The molecule has 0 radical (unpaired) electrons. The Bertz CT molecular complexity index is 707. The van der Waals surface area contributed by atoms with E-state index < -0.39 is 10.1 Å². The highest BCUT2D eigenvalue weighted by atomic mass is 32.2. The Morgan fingerprint density at radius 3 is 1.88 bits per heavy atom. The van der Waals surface area contributed by atoms with Gasteiger partial charge < -0.3 is 5.11 Å². The number of benzene rings is 1. The molecule has 2 N–H and O–H groups in total. The lowest BCUT2D eigenvalue weighted by Gasteiger charge is -2.28. The molecule has 0 amide bonds. The maximum atomic E-state index is 10.5. The van der Waals surface area contributed by atoms with E-state index in [1.54, 1.807) is 12.1 Å². The molecule has 2 unspecified atom stereocenters. The monoisotopic (exact) mass is 470 g/mol. The Morgan fingerprint density at radius 2 is 1.44 bits per heavy atom. The molecule has 1 saturated heterocycles. The van der Waals surface area contributed by atoms with Gasteiger partial charge in [-0.05, 0) is 45.9 Å². The fourth-order valence-electron chi connectivity index (χ4n) is 4.14. The summed E-state index contributed by atoms with van der Waals surface area (Å²) in [7, 11) is -4.02. The first-order valence-corrected chi connectivity index (χ1v) is 13.8. The fraction of sp³-hybridized carbons (Fsp3) is 0.760. The normalized spacial score (nSPS) is 18.4. The summed E-state index contributed by atoms with van der Waals surface area (Å²) in [5, 5.41) is 9.69. The Balaban J connectivity index is 0.000000389. The highest BCUT2D eigenvalue weighted by Gasteiger charge is 2.29. The highest BCUT2D eigenvalue weighted by Crippen LogP contribution is 2.17. The van der Waals surface area contributed by atoms with Gasteiger partial charge in [0.15, 0.2) is 0 Å². The van der Waals surface area contributed by atoms with Crippen LogP contribution in [0, 0.1) is 6.92 Å². The fourth-order valence-corrected chi connectivity index (χ4v) is 4.62. The third kappa shape index (κ3) is 11.8. The molecular formula is C25H46N2O4S. The molecule has 2 rings (SSSR count). The van der Waals surface area contributed by atoms with E-state index in [9.17, 15) is 13.5 Å². The molecule has 186 valence electrons. The van der Waals surface area contributed by atoms with Crippen molar-refractivity contribution in [1.82, 2.24) is 9.80 Å². The van der Waals surface area contributed by atoms with Crippen LogP contribution in [0.5, 0.6) is 0 Å². The molecule has 1 fully saturated rings. The van der Waals surface area contributed by atoms with Crippen LogP contribution in [0.2, 0.25) is 0 Å². The molecule has 1 heterocycles. The van der Waals surface area contributed by atoms with E-state index in [0.29, 0.717) is 6.17 Å². The minimum Gasteiger partial charge on any atom is -0.379 e. The van der Waals surface area contributed by atoms with Gasteiger partial charge in [0.1, 0.15) is 6.23 Å². The summed E-state index contributed by atoms with van der Waals surface area (Å²) in [6.07, 6.45) is 14.1. The molecule has 1 aliphatic heterocycles. The lowest BCUT2D eigenvalue weighted by atomic mass is 10.1. The highest BCUT2D eigenvalue weighted by molar-refractivity contribution is 7.85. The summed E-state index contributed by atoms with van der Waals surface area (Å²) in [5.74, 6) is 0. The molecule has 32 heavy (non-hydrogen) atoms. The van der Waals surface area contributed by atoms with Crippen LogP contribution in [0.1, 0.15) is 90.5 Å². The smallest absolute Gasteiger partial charge is 0.294 e. The molecule has 1 aliphatic rings. The van der Waals surface area contributed by atoms with Crippen molar-refractivity contribution in [2.24, 2.45) is 0 Å². The third-order valence-electron chi connectivity index (χ3n) is 6.25. The molecule has 0 aliphatic carbocycles. The Kier molecular flexibility index (Phi) is 14.3. The van der Waals surface area contributed by atoms with Gasteiger partial charge in [0, 0.05) is 13.1 Å². The first-order valence-electron chi connectivity index (χ1n) is 12.4. The number of rotatable bonds is 13. The largest absolute Gasteiger partial charge is 0.379 e. The minimum atomic E-state index is -4.02. The quantitative estimate of drug-likeness (QED) is 0.295. The minimum absolute atomic E-state index is 0.0666. The van der Waals surface area contributed by atoms with Crippen molar-refractivity contribution in [3.63, 3.8) is 0 Å². The summed E-state index contributed by atoms with van der Waals surface area (Å²) in [4.78, 5) is 4.62. The van der Waals surface area contributed by atoms with E-state index in [-0.39, 0.29) is 11.1 Å². The van der Waals surface area contributed by atoms with Gasteiger partial charge in [-0.1, -0.05) is 82.4 Å². The zero-order valence-corrected chi connectivity index (χ0v) is 21.5. The summed E-state index contributed by atoms with van der Waals surface area (Å²) < 4.78 is 29.6. The first kappa shape index (κ1) is 29.0. The maximum Gasteiger partial charge on any atom is 0.294 e. The van der Waals surface area contributed by atoms with E-state index in [4.69, 9.17) is 4.55 Å². The second-order valence-corrected chi connectivity index (χ2v) is 10.4. The molecule has 0 aromatic heterocycles. The summed E-state index contributed by atoms with van der Waals surface area (Å²) in [5.41, 5.74) is 0.956. The average Bonchev–Trinajstić information content (AvgIpc) is 3.10. The Hall–Kier alpha value is -0.990. The van der Waals surface area contributed by atoms with Gasteiger partial charge in [-0.3, -0.25) is 14.4 Å². The van der Waals surface area contributed by atoms with Crippen molar-refractivity contribution in [3.8, 4) is 0 Å². The van der Waals surface area contributed by atoms with Crippen LogP contribution in [0.25, 0.3) is 0 Å². The zero-order valence-electron chi connectivity index (χ0n) is 20.7. The van der Waals surface area contributed by atoms with E-state index in [1.807, 2.05) is 13.8 Å². The lowest BCUT2D eigenvalue weighted by molar-refractivity contribution is -0.00971. The van der Waals surface area contributed by atoms with E-state index in [1.165, 1.54) is 82.9 Å².